The predicted molar refractivity (Wildman–Crippen MR) is 68.6 cm³/mol. The molecule has 0 saturated carbocycles. The van der Waals surface area contributed by atoms with Crippen molar-refractivity contribution in [1.29, 1.82) is 0 Å². The summed E-state index contributed by atoms with van der Waals surface area (Å²) in [6.45, 7) is 11.0. The summed E-state index contributed by atoms with van der Waals surface area (Å²) in [5, 5.41) is 9.18. The second kappa shape index (κ2) is 4.66. The number of rotatable bonds is 3. The third-order valence-corrected chi connectivity index (χ3v) is 7.73. The summed E-state index contributed by atoms with van der Waals surface area (Å²) >= 11 is 0. The molecule has 0 aromatic carbocycles. The zero-order chi connectivity index (χ0) is 13.3. The van der Waals surface area contributed by atoms with Gasteiger partial charge in [0.15, 0.2) is 14.1 Å². The molecule has 0 atom stereocenters. The van der Waals surface area contributed by atoms with Crippen LogP contribution in [0.2, 0.25) is 18.1 Å². The maximum absolute atomic E-state index is 11.2. The second-order valence-corrected chi connectivity index (χ2v) is 10.5. The molecule has 1 N–H and O–H groups in total. The van der Waals surface area contributed by atoms with Crippen molar-refractivity contribution < 1.29 is 13.9 Å². The van der Waals surface area contributed by atoms with Crippen LogP contribution in [0.1, 0.15) is 26.5 Å². The Labute approximate surface area is 102 Å². The first-order chi connectivity index (χ1) is 7.63. The fourth-order valence-electron chi connectivity index (χ4n) is 0.988. The van der Waals surface area contributed by atoms with E-state index in [0.29, 0.717) is 5.76 Å². The van der Waals surface area contributed by atoms with Crippen molar-refractivity contribution in [3.63, 3.8) is 0 Å². The van der Waals surface area contributed by atoms with Gasteiger partial charge in [-0.05, 0) is 18.1 Å². The molecule has 0 unspecified atom stereocenters. The molecule has 1 aromatic rings. The van der Waals surface area contributed by atoms with Crippen molar-refractivity contribution in [3.8, 4) is 5.75 Å². The Bertz CT molecular complexity index is 443. The smallest absolute Gasteiger partial charge is 0.226 e. The van der Waals surface area contributed by atoms with Crippen molar-refractivity contribution in [3.05, 3.63) is 28.3 Å². The Morgan fingerprint density at radius 3 is 2.47 bits per heavy atom. The second-order valence-electron chi connectivity index (χ2n) is 5.64. The maximum atomic E-state index is 11.2. The van der Waals surface area contributed by atoms with E-state index >= 15 is 0 Å². The van der Waals surface area contributed by atoms with Crippen molar-refractivity contribution in [2.24, 2.45) is 0 Å². The molecule has 0 aliphatic carbocycles. The Morgan fingerprint density at radius 2 is 2.00 bits per heavy atom. The lowest BCUT2D eigenvalue weighted by Gasteiger charge is -2.35. The fraction of sp³-hybridized carbons (Fsp3) is 0.583. The normalized spacial score (nSPS) is 12.8. The fourth-order valence-corrected chi connectivity index (χ4v) is 1.92. The molecule has 0 amide bonds. The highest BCUT2D eigenvalue weighted by Crippen LogP contribution is 2.36. The molecule has 96 valence electrons. The molecule has 0 radical (unpaired) electrons. The molecule has 1 heterocycles. The summed E-state index contributed by atoms with van der Waals surface area (Å²) in [5.74, 6) is 0.0682. The first-order valence-corrected chi connectivity index (χ1v) is 8.49. The molecular formula is C12H20O4Si. The summed E-state index contributed by atoms with van der Waals surface area (Å²) in [4.78, 5) is 11.2. The van der Waals surface area contributed by atoms with Gasteiger partial charge in [0, 0.05) is 6.07 Å². The summed E-state index contributed by atoms with van der Waals surface area (Å²) < 4.78 is 11.0. The zero-order valence-electron chi connectivity index (χ0n) is 11.0. The van der Waals surface area contributed by atoms with Crippen molar-refractivity contribution in [2.75, 3.05) is 0 Å². The van der Waals surface area contributed by atoms with Crippen molar-refractivity contribution in [1.82, 2.24) is 0 Å². The topological polar surface area (TPSA) is 59.7 Å². The standard InChI is InChI=1S/C12H20O4Si/c1-12(2,3)17(4,5)16-7-9-6-10(13)11(14)8-15-9/h6,8,14H,7H2,1-5H3. The van der Waals surface area contributed by atoms with Crippen molar-refractivity contribution in [2.45, 2.75) is 45.5 Å². The van der Waals surface area contributed by atoms with Crippen LogP contribution in [-0.2, 0) is 11.0 Å². The van der Waals surface area contributed by atoms with Gasteiger partial charge in [0.2, 0.25) is 5.43 Å². The Hall–Kier alpha value is -1.07. The van der Waals surface area contributed by atoms with E-state index in [9.17, 15) is 4.79 Å². The van der Waals surface area contributed by atoms with Crippen LogP contribution in [-0.4, -0.2) is 13.4 Å². The summed E-state index contributed by atoms with van der Waals surface area (Å²) in [7, 11) is -1.84. The SMILES string of the molecule is CC(C)(C)[Si](C)(C)OCc1cc(=O)c(O)co1. The van der Waals surface area contributed by atoms with E-state index in [2.05, 4.69) is 33.9 Å². The molecule has 5 heteroatoms. The van der Waals surface area contributed by atoms with E-state index in [1.165, 1.54) is 6.07 Å². The van der Waals surface area contributed by atoms with Crippen LogP contribution >= 0.6 is 0 Å². The molecular weight excluding hydrogens is 236 g/mol. The molecule has 17 heavy (non-hydrogen) atoms. The van der Waals surface area contributed by atoms with Crippen LogP contribution < -0.4 is 5.43 Å². The lowest BCUT2D eigenvalue weighted by Crippen LogP contribution is -2.40. The van der Waals surface area contributed by atoms with Crippen LogP contribution in [0.5, 0.6) is 5.75 Å². The summed E-state index contributed by atoms with van der Waals surface area (Å²) in [6.07, 6.45) is 1.05. The molecule has 0 bridgehead atoms. The minimum atomic E-state index is -1.84. The molecule has 0 aliphatic heterocycles. The Morgan fingerprint density at radius 1 is 1.41 bits per heavy atom. The molecule has 1 rings (SSSR count). The van der Waals surface area contributed by atoms with E-state index in [4.69, 9.17) is 13.9 Å². The van der Waals surface area contributed by atoms with Crippen LogP contribution in [0.4, 0.5) is 0 Å². The van der Waals surface area contributed by atoms with Gasteiger partial charge in [0.1, 0.15) is 12.0 Å². The van der Waals surface area contributed by atoms with Gasteiger partial charge in [-0.25, -0.2) is 0 Å². The van der Waals surface area contributed by atoms with Crippen LogP contribution in [0.3, 0.4) is 0 Å². The van der Waals surface area contributed by atoms with Crippen molar-refractivity contribution >= 4 is 8.32 Å². The van der Waals surface area contributed by atoms with E-state index < -0.39 is 13.7 Å². The highest BCUT2D eigenvalue weighted by Gasteiger charge is 2.37. The van der Waals surface area contributed by atoms with Crippen LogP contribution in [0.15, 0.2) is 21.5 Å². The first-order valence-electron chi connectivity index (χ1n) is 5.58. The van der Waals surface area contributed by atoms with Crippen LogP contribution in [0, 0.1) is 0 Å². The van der Waals surface area contributed by atoms with Gasteiger partial charge in [0.25, 0.3) is 0 Å². The van der Waals surface area contributed by atoms with Crippen LogP contribution in [0.25, 0.3) is 0 Å². The minimum Gasteiger partial charge on any atom is -0.502 e. The largest absolute Gasteiger partial charge is 0.502 e. The lowest BCUT2D eigenvalue weighted by atomic mass is 10.2. The molecule has 0 aliphatic rings. The minimum absolute atomic E-state index is 0.115. The van der Waals surface area contributed by atoms with Gasteiger partial charge in [-0.2, -0.15) is 0 Å². The van der Waals surface area contributed by atoms with E-state index in [1.807, 2.05) is 0 Å². The molecule has 0 spiro atoms. The number of hydrogen-bond donors (Lipinski definition) is 1. The predicted octanol–water partition coefficient (Wildman–Crippen LogP) is 2.87. The number of aromatic hydroxyl groups is 1. The monoisotopic (exact) mass is 256 g/mol. The highest BCUT2D eigenvalue weighted by molar-refractivity contribution is 6.74. The van der Waals surface area contributed by atoms with Gasteiger partial charge in [-0.1, -0.05) is 20.8 Å². The van der Waals surface area contributed by atoms with E-state index in [0.717, 1.165) is 6.26 Å². The maximum Gasteiger partial charge on any atom is 0.226 e. The summed E-state index contributed by atoms with van der Waals surface area (Å²) in [5.41, 5.74) is -0.440. The average molecular weight is 256 g/mol. The zero-order valence-corrected chi connectivity index (χ0v) is 12.0. The molecule has 4 nitrogen and oxygen atoms in total. The van der Waals surface area contributed by atoms with Gasteiger partial charge in [-0.15, -0.1) is 0 Å². The van der Waals surface area contributed by atoms with E-state index in [-0.39, 0.29) is 17.4 Å². The van der Waals surface area contributed by atoms with Gasteiger partial charge >= 0.3 is 0 Å². The highest BCUT2D eigenvalue weighted by atomic mass is 28.4. The molecule has 0 saturated heterocycles. The Balaban J connectivity index is 2.74. The Kier molecular flexibility index (Phi) is 3.83. The number of hydrogen-bond acceptors (Lipinski definition) is 4. The van der Waals surface area contributed by atoms with Gasteiger partial charge in [-0.3, -0.25) is 4.79 Å². The molecule has 1 aromatic heterocycles. The van der Waals surface area contributed by atoms with Gasteiger partial charge in [0.05, 0.1) is 6.61 Å². The molecule has 0 fully saturated rings. The quantitative estimate of drug-likeness (QED) is 0.845. The van der Waals surface area contributed by atoms with E-state index in [1.54, 1.807) is 0 Å². The average Bonchev–Trinajstić information content (AvgIpc) is 2.18. The third-order valence-electron chi connectivity index (χ3n) is 3.25. The first kappa shape index (κ1) is 14.0. The summed E-state index contributed by atoms with van der Waals surface area (Å²) in [6, 6.07) is 1.27. The van der Waals surface area contributed by atoms with Gasteiger partial charge < -0.3 is 13.9 Å². The third kappa shape index (κ3) is 3.44. The lowest BCUT2D eigenvalue weighted by molar-refractivity contribution is 0.241.